The fourth-order valence-electron chi connectivity index (χ4n) is 5.14. The number of hydrogen-bond donors (Lipinski definition) is 1. The number of rotatable bonds is 7. The second kappa shape index (κ2) is 11.2. The molecule has 1 N–H and O–H groups in total. The number of nitrogens with zero attached hydrogens (tertiary/aromatic N) is 3. The first-order valence-electron chi connectivity index (χ1n) is 12.6. The van der Waals surface area contributed by atoms with Gasteiger partial charge in [-0.3, -0.25) is 9.69 Å². The number of alkyl carbamates (subject to hydrolysis) is 1. The van der Waals surface area contributed by atoms with Crippen molar-refractivity contribution in [2.75, 3.05) is 13.1 Å². The van der Waals surface area contributed by atoms with Gasteiger partial charge in [0.25, 0.3) is 0 Å². The fourth-order valence-corrected chi connectivity index (χ4v) is 5.14. The van der Waals surface area contributed by atoms with E-state index in [0.29, 0.717) is 31.8 Å². The van der Waals surface area contributed by atoms with Crippen molar-refractivity contribution in [1.29, 1.82) is 5.26 Å². The van der Waals surface area contributed by atoms with E-state index >= 15 is 0 Å². The summed E-state index contributed by atoms with van der Waals surface area (Å²) in [6.45, 7) is 10.9. The molecule has 2 saturated heterocycles. The minimum atomic E-state index is -0.574. The predicted octanol–water partition coefficient (Wildman–Crippen LogP) is 4.13. The van der Waals surface area contributed by atoms with Crippen LogP contribution in [-0.4, -0.2) is 64.7 Å². The van der Waals surface area contributed by atoms with E-state index in [1.54, 1.807) is 4.90 Å². The summed E-state index contributed by atoms with van der Waals surface area (Å²) < 4.78 is 5.45. The van der Waals surface area contributed by atoms with Crippen LogP contribution in [0.15, 0.2) is 30.3 Å². The molecule has 0 aliphatic carbocycles. The molecule has 2 amide bonds. The zero-order valence-corrected chi connectivity index (χ0v) is 21.3. The zero-order chi connectivity index (χ0) is 24.9. The topological polar surface area (TPSA) is 85.7 Å². The number of nitriles is 1. The van der Waals surface area contributed by atoms with Gasteiger partial charge in [0.05, 0.1) is 12.1 Å². The molecule has 2 aliphatic rings. The first-order chi connectivity index (χ1) is 16.1. The minimum absolute atomic E-state index is 0.0166. The van der Waals surface area contributed by atoms with E-state index < -0.39 is 17.7 Å². The van der Waals surface area contributed by atoms with Crippen LogP contribution < -0.4 is 5.32 Å². The van der Waals surface area contributed by atoms with Crippen LogP contribution >= 0.6 is 0 Å². The highest BCUT2D eigenvalue weighted by Crippen LogP contribution is 2.31. The van der Waals surface area contributed by atoms with Crippen LogP contribution in [0.1, 0.15) is 65.9 Å². The molecule has 1 aromatic carbocycles. The van der Waals surface area contributed by atoms with Crippen molar-refractivity contribution in [2.24, 2.45) is 5.92 Å². The number of hydrogen-bond acceptors (Lipinski definition) is 5. The molecule has 0 saturated carbocycles. The number of nitrogens with one attached hydrogen (secondary N) is 1. The number of benzene rings is 1. The average Bonchev–Trinajstić information content (AvgIpc) is 3.12. The van der Waals surface area contributed by atoms with Crippen molar-refractivity contribution in [1.82, 2.24) is 15.1 Å². The van der Waals surface area contributed by atoms with Crippen LogP contribution in [0.25, 0.3) is 0 Å². The summed E-state index contributed by atoms with van der Waals surface area (Å²) in [5.41, 5.74) is 0.707. The highest BCUT2D eigenvalue weighted by molar-refractivity contribution is 5.83. The van der Waals surface area contributed by atoms with Crippen molar-refractivity contribution < 1.29 is 14.3 Å². The van der Waals surface area contributed by atoms with E-state index in [0.717, 1.165) is 19.3 Å². The molecule has 34 heavy (non-hydrogen) atoms. The molecule has 186 valence electrons. The Labute approximate surface area is 204 Å². The Bertz CT molecular complexity index is 874. The number of amides is 2. The van der Waals surface area contributed by atoms with E-state index in [1.807, 2.05) is 26.8 Å². The molecule has 0 bridgehead atoms. The normalized spacial score (nSPS) is 24.3. The lowest BCUT2D eigenvalue weighted by molar-refractivity contribution is -0.136. The number of carbonyl (C=O) groups excluding carboxylic acids is 2. The van der Waals surface area contributed by atoms with Gasteiger partial charge in [0, 0.05) is 25.2 Å². The quantitative estimate of drug-likeness (QED) is 0.650. The zero-order valence-electron chi connectivity index (χ0n) is 21.3. The first kappa shape index (κ1) is 26.0. The summed E-state index contributed by atoms with van der Waals surface area (Å²) in [6, 6.07) is 12.1. The van der Waals surface area contributed by atoms with Crippen molar-refractivity contribution >= 4 is 12.0 Å². The SMILES string of the molecule is CC(C)C[C@H](C#N)N1CCC(CCc2ccccc2)N2CC(NC(=O)OC(C)(C)C)C[C@H]2C1=O. The molecule has 2 unspecified atom stereocenters. The van der Waals surface area contributed by atoms with Gasteiger partial charge in [-0.2, -0.15) is 5.26 Å². The highest BCUT2D eigenvalue weighted by atomic mass is 16.6. The largest absolute Gasteiger partial charge is 0.444 e. The van der Waals surface area contributed by atoms with Gasteiger partial charge in [0.2, 0.25) is 5.91 Å². The van der Waals surface area contributed by atoms with Gasteiger partial charge < -0.3 is 15.0 Å². The number of aryl methyl sites for hydroxylation is 1. The van der Waals surface area contributed by atoms with Crippen molar-refractivity contribution in [3.05, 3.63) is 35.9 Å². The molecular weight excluding hydrogens is 428 g/mol. The lowest BCUT2D eigenvalue weighted by atomic mass is 10.0. The third-order valence-electron chi connectivity index (χ3n) is 6.63. The molecule has 3 rings (SSSR count). The van der Waals surface area contributed by atoms with Crippen LogP contribution in [0, 0.1) is 17.2 Å². The lowest BCUT2D eigenvalue weighted by Gasteiger charge is -2.30. The van der Waals surface area contributed by atoms with E-state index in [4.69, 9.17) is 4.74 Å². The predicted molar refractivity (Wildman–Crippen MR) is 132 cm³/mol. The van der Waals surface area contributed by atoms with E-state index in [2.05, 4.69) is 54.4 Å². The van der Waals surface area contributed by atoms with Crippen LogP contribution in [0.4, 0.5) is 4.79 Å². The number of fused-ring (bicyclic) bond motifs is 1. The molecule has 0 radical (unpaired) electrons. The van der Waals surface area contributed by atoms with Crippen LogP contribution in [-0.2, 0) is 16.0 Å². The maximum absolute atomic E-state index is 13.7. The van der Waals surface area contributed by atoms with Gasteiger partial charge in [0.15, 0.2) is 0 Å². The first-order valence-corrected chi connectivity index (χ1v) is 12.6. The maximum Gasteiger partial charge on any atom is 0.407 e. The van der Waals surface area contributed by atoms with Crippen LogP contribution in [0.5, 0.6) is 0 Å². The Morgan fingerprint density at radius 2 is 1.97 bits per heavy atom. The second-order valence-corrected chi connectivity index (χ2v) is 11.1. The van der Waals surface area contributed by atoms with Gasteiger partial charge in [-0.25, -0.2) is 4.79 Å². The Balaban J connectivity index is 1.78. The number of ether oxygens (including phenoxy) is 1. The van der Waals surface area contributed by atoms with E-state index in [1.165, 1.54) is 5.56 Å². The molecule has 0 aromatic heterocycles. The third kappa shape index (κ3) is 6.96. The molecule has 7 heteroatoms. The molecule has 4 atom stereocenters. The Kier molecular flexibility index (Phi) is 8.59. The van der Waals surface area contributed by atoms with Crippen LogP contribution in [0.2, 0.25) is 0 Å². The molecule has 1 aromatic rings. The summed E-state index contributed by atoms with van der Waals surface area (Å²) in [6.07, 6.45) is 3.45. The summed E-state index contributed by atoms with van der Waals surface area (Å²) in [5, 5.41) is 12.8. The molecule has 2 aliphatic heterocycles. The van der Waals surface area contributed by atoms with Gasteiger partial charge in [0.1, 0.15) is 11.6 Å². The lowest BCUT2D eigenvalue weighted by Crippen LogP contribution is -2.48. The van der Waals surface area contributed by atoms with E-state index in [-0.39, 0.29) is 24.0 Å². The van der Waals surface area contributed by atoms with Gasteiger partial charge in [-0.15, -0.1) is 0 Å². The number of carbonyl (C=O) groups is 2. The second-order valence-electron chi connectivity index (χ2n) is 11.1. The van der Waals surface area contributed by atoms with Crippen molar-refractivity contribution in [3.63, 3.8) is 0 Å². The average molecular weight is 469 g/mol. The Morgan fingerprint density at radius 3 is 2.59 bits per heavy atom. The molecular formula is C27H40N4O3. The Hall–Kier alpha value is -2.59. The monoisotopic (exact) mass is 468 g/mol. The van der Waals surface area contributed by atoms with Gasteiger partial charge >= 0.3 is 6.09 Å². The van der Waals surface area contributed by atoms with Gasteiger partial charge in [-0.05, 0) is 64.4 Å². The summed E-state index contributed by atoms with van der Waals surface area (Å²) >= 11 is 0. The van der Waals surface area contributed by atoms with E-state index in [9.17, 15) is 14.9 Å². The summed E-state index contributed by atoms with van der Waals surface area (Å²) in [5.74, 6) is 0.346. The molecule has 7 nitrogen and oxygen atoms in total. The maximum atomic E-state index is 13.7. The smallest absolute Gasteiger partial charge is 0.407 e. The van der Waals surface area contributed by atoms with Gasteiger partial charge in [-0.1, -0.05) is 44.2 Å². The standard InChI is InChI=1S/C27H40N4O3/c1-19(2)15-23(17-28)30-14-13-22(12-11-20-9-7-6-8-10-20)31-18-21(16-24(31)25(30)32)29-26(33)34-27(3,4)5/h6-10,19,21-24H,11-16,18H2,1-5H3,(H,29,33)/t21?,22?,23-,24+/m1/s1. The summed E-state index contributed by atoms with van der Waals surface area (Å²) in [7, 11) is 0. The molecule has 2 fully saturated rings. The van der Waals surface area contributed by atoms with Crippen LogP contribution in [0.3, 0.4) is 0 Å². The fraction of sp³-hybridized carbons (Fsp3) is 0.667. The third-order valence-corrected chi connectivity index (χ3v) is 6.63. The molecule has 2 heterocycles. The highest BCUT2D eigenvalue weighted by Gasteiger charge is 2.46. The van der Waals surface area contributed by atoms with Crippen molar-refractivity contribution in [2.45, 2.75) is 96.5 Å². The Morgan fingerprint density at radius 1 is 1.26 bits per heavy atom. The minimum Gasteiger partial charge on any atom is -0.444 e. The molecule has 0 spiro atoms. The summed E-state index contributed by atoms with van der Waals surface area (Å²) in [4.78, 5) is 30.2. The van der Waals surface area contributed by atoms with Crippen molar-refractivity contribution in [3.8, 4) is 6.07 Å².